The number of nitrogens with zero attached hydrogens (tertiary/aromatic N) is 3. The topological polar surface area (TPSA) is 80.3 Å². The van der Waals surface area contributed by atoms with E-state index in [0.717, 1.165) is 6.42 Å². The summed E-state index contributed by atoms with van der Waals surface area (Å²) in [6.07, 6.45) is 0.536. The second-order valence-corrected chi connectivity index (χ2v) is 4.22. The van der Waals surface area contributed by atoms with E-state index in [1.165, 1.54) is 0 Å². The Morgan fingerprint density at radius 3 is 2.44 bits per heavy atom. The fourth-order valence-corrected chi connectivity index (χ4v) is 2.05. The number of methoxy groups -OCH3 is 2. The smallest absolute Gasteiger partial charge is 0.293 e. The van der Waals surface area contributed by atoms with E-state index in [1.807, 2.05) is 6.92 Å². The standard InChI is InChI=1S/C11H18N4O3/c1-4-9-12-10(14-13-9)11(16)15-5-7(17-2)8(6-15)18-3/h7-8H,4-6H2,1-3H3,(H,12,13,14). The van der Waals surface area contributed by atoms with Crippen molar-refractivity contribution in [1.82, 2.24) is 20.1 Å². The van der Waals surface area contributed by atoms with Gasteiger partial charge in [-0.05, 0) is 0 Å². The molecule has 1 N–H and O–H groups in total. The maximum absolute atomic E-state index is 12.2. The van der Waals surface area contributed by atoms with Crippen LogP contribution in [0.25, 0.3) is 0 Å². The maximum atomic E-state index is 12.2. The molecule has 2 atom stereocenters. The number of nitrogens with one attached hydrogen (secondary N) is 1. The highest BCUT2D eigenvalue weighted by Gasteiger charge is 2.36. The van der Waals surface area contributed by atoms with Crippen LogP contribution in [0, 0.1) is 0 Å². The number of rotatable bonds is 4. The lowest BCUT2D eigenvalue weighted by molar-refractivity contribution is -0.00461. The van der Waals surface area contributed by atoms with Crippen molar-refractivity contribution < 1.29 is 14.3 Å². The van der Waals surface area contributed by atoms with Gasteiger partial charge in [0.15, 0.2) is 0 Å². The van der Waals surface area contributed by atoms with Gasteiger partial charge in [0.05, 0.1) is 0 Å². The molecular weight excluding hydrogens is 236 g/mol. The summed E-state index contributed by atoms with van der Waals surface area (Å²) in [6.45, 7) is 2.96. The fourth-order valence-electron chi connectivity index (χ4n) is 2.05. The highest BCUT2D eigenvalue weighted by Crippen LogP contribution is 2.17. The minimum Gasteiger partial charge on any atom is -0.377 e. The molecule has 0 radical (unpaired) electrons. The third kappa shape index (κ3) is 2.37. The molecule has 7 heteroatoms. The van der Waals surface area contributed by atoms with Crippen molar-refractivity contribution in [2.45, 2.75) is 25.6 Å². The molecule has 0 spiro atoms. The number of likely N-dealkylation sites (tertiary alicyclic amines) is 1. The molecule has 18 heavy (non-hydrogen) atoms. The number of hydrogen-bond acceptors (Lipinski definition) is 5. The Labute approximate surface area is 105 Å². The van der Waals surface area contributed by atoms with Gasteiger partial charge in [-0.1, -0.05) is 6.92 Å². The number of carbonyl (C=O) groups is 1. The molecule has 100 valence electrons. The Morgan fingerprint density at radius 1 is 1.39 bits per heavy atom. The van der Waals surface area contributed by atoms with Crippen LogP contribution in [0.2, 0.25) is 0 Å². The Kier molecular flexibility index (Phi) is 3.93. The summed E-state index contributed by atoms with van der Waals surface area (Å²) in [4.78, 5) is 18.0. The lowest BCUT2D eigenvalue weighted by atomic mass is 10.3. The maximum Gasteiger partial charge on any atom is 0.293 e. The highest BCUT2D eigenvalue weighted by molar-refractivity contribution is 5.90. The molecule has 2 rings (SSSR count). The van der Waals surface area contributed by atoms with E-state index < -0.39 is 0 Å². The molecule has 1 aromatic heterocycles. The van der Waals surface area contributed by atoms with Crippen molar-refractivity contribution in [2.75, 3.05) is 27.3 Å². The molecule has 1 fully saturated rings. The first-order valence-electron chi connectivity index (χ1n) is 5.95. The van der Waals surface area contributed by atoms with E-state index in [0.29, 0.717) is 18.9 Å². The summed E-state index contributed by atoms with van der Waals surface area (Å²) in [6, 6.07) is 0. The van der Waals surface area contributed by atoms with Gasteiger partial charge in [-0.2, -0.15) is 0 Å². The SMILES string of the molecule is CCc1nc(C(=O)N2CC(OC)C(OC)C2)n[nH]1. The first-order chi connectivity index (χ1) is 8.69. The number of aryl methyl sites for hydroxylation is 1. The lowest BCUT2D eigenvalue weighted by Crippen LogP contribution is -2.31. The number of amides is 1. The predicted molar refractivity (Wildman–Crippen MR) is 63.3 cm³/mol. The summed E-state index contributed by atoms with van der Waals surface area (Å²) < 4.78 is 10.6. The van der Waals surface area contributed by atoms with Crippen molar-refractivity contribution in [3.63, 3.8) is 0 Å². The largest absolute Gasteiger partial charge is 0.377 e. The Hall–Kier alpha value is -1.47. The molecule has 1 aliphatic heterocycles. The molecule has 2 heterocycles. The van der Waals surface area contributed by atoms with E-state index in [2.05, 4.69) is 15.2 Å². The van der Waals surface area contributed by atoms with Crippen molar-refractivity contribution in [3.05, 3.63) is 11.6 Å². The monoisotopic (exact) mass is 254 g/mol. The van der Waals surface area contributed by atoms with Crippen LogP contribution < -0.4 is 0 Å². The third-order valence-corrected chi connectivity index (χ3v) is 3.17. The summed E-state index contributed by atoms with van der Waals surface area (Å²) >= 11 is 0. The first kappa shape index (κ1) is 13.0. The van der Waals surface area contributed by atoms with Crippen molar-refractivity contribution in [1.29, 1.82) is 0 Å². The van der Waals surface area contributed by atoms with Crippen LogP contribution in [0.4, 0.5) is 0 Å². The zero-order valence-corrected chi connectivity index (χ0v) is 10.8. The van der Waals surface area contributed by atoms with Crippen LogP contribution in [0.1, 0.15) is 23.4 Å². The van der Waals surface area contributed by atoms with Gasteiger partial charge in [0.25, 0.3) is 5.91 Å². The zero-order valence-electron chi connectivity index (χ0n) is 10.8. The van der Waals surface area contributed by atoms with Gasteiger partial charge in [0, 0.05) is 33.7 Å². The molecule has 0 saturated carbocycles. The van der Waals surface area contributed by atoms with Gasteiger partial charge in [-0.25, -0.2) is 4.98 Å². The molecule has 1 saturated heterocycles. The Balaban J connectivity index is 2.06. The molecule has 0 aromatic carbocycles. The minimum atomic E-state index is -0.187. The number of carbonyl (C=O) groups excluding carboxylic acids is 1. The molecule has 0 bridgehead atoms. The normalized spacial score (nSPS) is 23.6. The summed E-state index contributed by atoms with van der Waals surface area (Å²) in [5, 5.41) is 6.66. The minimum absolute atomic E-state index is 0.0939. The molecule has 1 aromatic rings. The van der Waals surface area contributed by atoms with E-state index >= 15 is 0 Å². The number of aromatic amines is 1. The van der Waals surface area contributed by atoms with Gasteiger partial charge >= 0.3 is 0 Å². The van der Waals surface area contributed by atoms with Crippen LogP contribution >= 0.6 is 0 Å². The summed E-state index contributed by atoms with van der Waals surface area (Å²) in [7, 11) is 3.24. The van der Waals surface area contributed by atoms with Gasteiger partial charge in [0.1, 0.15) is 18.0 Å². The lowest BCUT2D eigenvalue weighted by Gasteiger charge is -2.13. The van der Waals surface area contributed by atoms with Gasteiger partial charge in [-0.15, -0.1) is 5.10 Å². The third-order valence-electron chi connectivity index (χ3n) is 3.17. The van der Waals surface area contributed by atoms with Crippen LogP contribution in [0.3, 0.4) is 0 Å². The molecule has 7 nitrogen and oxygen atoms in total. The molecule has 1 amide bonds. The molecule has 1 aliphatic rings. The number of ether oxygens (including phenoxy) is 2. The number of hydrogen-bond donors (Lipinski definition) is 1. The van der Waals surface area contributed by atoms with E-state index in [-0.39, 0.29) is 23.9 Å². The molecule has 0 aliphatic carbocycles. The van der Waals surface area contributed by atoms with E-state index in [9.17, 15) is 4.79 Å². The summed E-state index contributed by atoms with van der Waals surface area (Å²) in [5.74, 6) is 0.732. The van der Waals surface area contributed by atoms with Crippen molar-refractivity contribution in [2.24, 2.45) is 0 Å². The highest BCUT2D eigenvalue weighted by atomic mass is 16.5. The first-order valence-corrected chi connectivity index (χ1v) is 5.95. The number of aromatic nitrogens is 3. The van der Waals surface area contributed by atoms with Crippen LogP contribution in [0.5, 0.6) is 0 Å². The molecular formula is C11H18N4O3. The van der Waals surface area contributed by atoms with Gasteiger partial charge in [0.2, 0.25) is 5.82 Å². The second-order valence-electron chi connectivity index (χ2n) is 4.22. The number of H-pyrrole nitrogens is 1. The average Bonchev–Trinajstić information content (AvgIpc) is 3.03. The second kappa shape index (κ2) is 5.45. The van der Waals surface area contributed by atoms with Crippen LogP contribution in [-0.4, -0.2) is 65.5 Å². The molecule has 2 unspecified atom stereocenters. The van der Waals surface area contributed by atoms with Crippen LogP contribution in [0.15, 0.2) is 0 Å². The van der Waals surface area contributed by atoms with Gasteiger partial charge in [-0.3, -0.25) is 9.89 Å². The van der Waals surface area contributed by atoms with E-state index in [1.54, 1.807) is 19.1 Å². The Morgan fingerprint density at radius 2 is 2.00 bits per heavy atom. The van der Waals surface area contributed by atoms with Crippen molar-refractivity contribution in [3.8, 4) is 0 Å². The average molecular weight is 254 g/mol. The Bertz CT molecular complexity index is 408. The quantitative estimate of drug-likeness (QED) is 0.808. The van der Waals surface area contributed by atoms with Crippen molar-refractivity contribution >= 4 is 5.91 Å². The van der Waals surface area contributed by atoms with Crippen LogP contribution in [-0.2, 0) is 15.9 Å². The predicted octanol–water partition coefficient (Wildman–Crippen LogP) is -0.147. The summed E-state index contributed by atoms with van der Waals surface area (Å²) in [5.41, 5.74) is 0. The van der Waals surface area contributed by atoms with E-state index in [4.69, 9.17) is 9.47 Å². The van der Waals surface area contributed by atoms with Gasteiger partial charge < -0.3 is 14.4 Å². The fraction of sp³-hybridized carbons (Fsp3) is 0.727. The zero-order chi connectivity index (χ0) is 13.1.